The number of nitrogens with one attached hydrogen (secondary N) is 1. The molecule has 0 aromatic heterocycles. The highest BCUT2D eigenvalue weighted by Gasteiger charge is 2.07. The molecule has 1 N–H and O–H groups in total. The second-order valence-corrected chi connectivity index (χ2v) is 6.18. The third-order valence-corrected chi connectivity index (χ3v) is 3.67. The van der Waals surface area contributed by atoms with E-state index >= 15 is 0 Å². The zero-order valence-corrected chi connectivity index (χ0v) is 14.1. The van der Waals surface area contributed by atoms with Crippen LogP contribution in [0.3, 0.4) is 0 Å². The molecule has 0 spiro atoms. The molecule has 0 saturated heterocycles. The van der Waals surface area contributed by atoms with Crippen LogP contribution < -0.4 is 10.1 Å². The summed E-state index contributed by atoms with van der Waals surface area (Å²) in [6.45, 7) is 4.88. The quantitative estimate of drug-likeness (QED) is 0.845. The van der Waals surface area contributed by atoms with Crippen LogP contribution in [0.25, 0.3) is 0 Å². The second-order valence-electron chi connectivity index (χ2n) is 6.18. The molecule has 3 heteroatoms. The van der Waals surface area contributed by atoms with Crippen molar-refractivity contribution in [3.8, 4) is 5.75 Å². The lowest BCUT2D eigenvalue weighted by Gasteiger charge is -2.10. The van der Waals surface area contributed by atoms with E-state index in [1.165, 1.54) is 5.56 Å². The summed E-state index contributed by atoms with van der Waals surface area (Å²) in [4.78, 5) is 12.2. The number of carbonyl (C=O) groups is 1. The number of benzene rings is 2. The summed E-state index contributed by atoms with van der Waals surface area (Å²) >= 11 is 0. The third-order valence-electron chi connectivity index (χ3n) is 3.67. The number of amides is 1. The number of methoxy groups -OCH3 is 1. The number of carbonyl (C=O) groups excluding carboxylic acids is 1. The van der Waals surface area contributed by atoms with Crippen molar-refractivity contribution in [3.05, 3.63) is 65.2 Å². The Morgan fingerprint density at radius 3 is 2.57 bits per heavy atom. The Morgan fingerprint density at radius 2 is 1.83 bits per heavy atom. The Labute approximate surface area is 138 Å². The van der Waals surface area contributed by atoms with Gasteiger partial charge in [0, 0.05) is 12.1 Å². The normalized spacial score (nSPS) is 10.6. The molecule has 0 saturated carbocycles. The van der Waals surface area contributed by atoms with Crippen LogP contribution in [-0.4, -0.2) is 13.0 Å². The molecule has 0 aliphatic rings. The molecule has 0 unspecified atom stereocenters. The first-order chi connectivity index (χ1) is 11.1. The van der Waals surface area contributed by atoms with Crippen molar-refractivity contribution in [1.82, 2.24) is 5.32 Å². The van der Waals surface area contributed by atoms with E-state index in [0.29, 0.717) is 18.9 Å². The van der Waals surface area contributed by atoms with Crippen LogP contribution in [0, 0.1) is 5.92 Å². The molecule has 0 aliphatic heterocycles. The van der Waals surface area contributed by atoms with Crippen LogP contribution >= 0.6 is 0 Å². The Bertz CT molecular complexity index is 650. The van der Waals surface area contributed by atoms with Crippen molar-refractivity contribution in [3.63, 3.8) is 0 Å². The van der Waals surface area contributed by atoms with Crippen LogP contribution in [0.5, 0.6) is 5.75 Å². The molecule has 0 heterocycles. The zero-order valence-electron chi connectivity index (χ0n) is 14.1. The number of rotatable bonds is 7. The minimum absolute atomic E-state index is 0.0256. The lowest BCUT2D eigenvalue weighted by Crippen LogP contribution is -2.24. The van der Waals surface area contributed by atoms with Gasteiger partial charge < -0.3 is 10.1 Å². The predicted octanol–water partition coefficient (Wildman–Crippen LogP) is 3.75. The highest BCUT2D eigenvalue weighted by atomic mass is 16.5. The van der Waals surface area contributed by atoms with Crippen molar-refractivity contribution in [2.24, 2.45) is 5.92 Å². The standard InChI is InChI=1S/C20H25NO2/c1-15(2)11-16-7-6-8-17(12-16)13-20(22)21-14-18-9-4-5-10-19(18)23-3/h4-10,12,15H,11,13-14H2,1-3H3,(H,21,22). The van der Waals surface area contributed by atoms with Gasteiger partial charge in [0.25, 0.3) is 0 Å². The van der Waals surface area contributed by atoms with Gasteiger partial charge in [-0.3, -0.25) is 4.79 Å². The molecular formula is C20H25NO2. The Hall–Kier alpha value is -2.29. The Balaban J connectivity index is 1.92. The van der Waals surface area contributed by atoms with Gasteiger partial charge in [-0.25, -0.2) is 0 Å². The first kappa shape index (κ1) is 17.1. The Morgan fingerprint density at radius 1 is 1.09 bits per heavy atom. The molecule has 0 bridgehead atoms. The van der Waals surface area contributed by atoms with Gasteiger partial charge in [-0.05, 0) is 29.5 Å². The number of ether oxygens (including phenoxy) is 1. The van der Waals surface area contributed by atoms with Crippen molar-refractivity contribution in [1.29, 1.82) is 0 Å². The number of hydrogen-bond donors (Lipinski definition) is 1. The molecule has 0 fully saturated rings. The van der Waals surface area contributed by atoms with E-state index in [1.807, 2.05) is 36.4 Å². The molecule has 3 nitrogen and oxygen atoms in total. The minimum Gasteiger partial charge on any atom is -0.496 e. The molecule has 0 aliphatic carbocycles. The second kappa shape index (κ2) is 8.37. The summed E-state index contributed by atoms with van der Waals surface area (Å²) in [7, 11) is 1.64. The van der Waals surface area contributed by atoms with Gasteiger partial charge in [-0.2, -0.15) is 0 Å². The van der Waals surface area contributed by atoms with Gasteiger partial charge in [0.1, 0.15) is 5.75 Å². The average molecular weight is 311 g/mol. The lowest BCUT2D eigenvalue weighted by atomic mass is 10.00. The highest BCUT2D eigenvalue weighted by Crippen LogP contribution is 2.17. The fraction of sp³-hybridized carbons (Fsp3) is 0.350. The van der Waals surface area contributed by atoms with E-state index in [4.69, 9.17) is 4.74 Å². The maximum Gasteiger partial charge on any atom is 0.224 e. The van der Waals surface area contributed by atoms with Gasteiger partial charge in [0.05, 0.1) is 13.5 Å². The third kappa shape index (κ3) is 5.44. The largest absolute Gasteiger partial charge is 0.496 e. The van der Waals surface area contributed by atoms with Gasteiger partial charge in [-0.15, -0.1) is 0 Å². The molecule has 2 aromatic rings. The minimum atomic E-state index is 0.0256. The van der Waals surface area contributed by atoms with Crippen LogP contribution in [-0.2, 0) is 24.2 Å². The lowest BCUT2D eigenvalue weighted by molar-refractivity contribution is -0.120. The summed E-state index contributed by atoms with van der Waals surface area (Å²) in [6, 6.07) is 16.0. The topological polar surface area (TPSA) is 38.3 Å². The molecule has 122 valence electrons. The molecule has 23 heavy (non-hydrogen) atoms. The van der Waals surface area contributed by atoms with Crippen LogP contribution in [0.1, 0.15) is 30.5 Å². The summed E-state index contributed by atoms with van der Waals surface area (Å²) in [5.41, 5.74) is 3.33. The van der Waals surface area contributed by atoms with Crippen LogP contribution in [0.15, 0.2) is 48.5 Å². The SMILES string of the molecule is COc1ccccc1CNC(=O)Cc1cccc(CC(C)C)c1. The first-order valence-electron chi connectivity index (χ1n) is 8.05. The summed E-state index contributed by atoms with van der Waals surface area (Å²) < 4.78 is 5.30. The van der Waals surface area contributed by atoms with Crippen molar-refractivity contribution in [2.45, 2.75) is 33.2 Å². The maximum atomic E-state index is 12.2. The summed E-state index contributed by atoms with van der Waals surface area (Å²) in [6.07, 6.45) is 1.44. The average Bonchev–Trinajstić information content (AvgIpc) is 2.53. The van der Waals surface area contributed by atoms with Crippen molar-refractivity contribution >= 4 is 5.91 Å². The Kier molecular flexibility index (Phi) is 6.21. The smallest absolute Gasteiger partial charge is 0.224 e. The van der Waals surface area contributed by atoms with E-state index in [-0.39, 0.29) is 5.91 Å². The van der Waals surface area contributed by atoms with Crippen molar-refractivity contribution < 1.29 is 9.53 Å². The van der Waals surface area contributed by atoms with Crippen LogP contribution in [0.4, 0.5) is 0 Å². The molecule has 0 atom stereocenters. The molecule has 1 amide bonds. The molecule has 2 aromatic carbocycles. The highest BCUT2D eigenvalue weighted by molar-refractivity contribution is 5.78. The monoisotopic (exact) mass is 311 g/mol. The summed E-state index contributed by atoms with van der Waals surface area (Å²) in [5.74, 6) is 1.44. The van der Waals surface area contributed by atoms with E-state index in [2.05, 4.69) is 31.3 Å². The van der Waals surface area contributed by atoms with Gasteiger partial charge in [0.2, 0.25) is 5.91 Å². The predicted molar refractivity (Wildman–Crippen MR) is 93.5 cm³/mol. The number of para-hydroxylation sites is 1. The fourth-order valence-corrected chi connectivity index (χ4v) is 2.63. The van der Waals surface area contributed by atoms with E-state index in [0.717, 1.165) is 23.3 Å². The molecule has 0 radical (unpaired) electrons. The maximum absolute atomic E-state index is 12.2. The van der Waals surface area contributed by atoms with Crippen LogP contribution in [0.2, 0.25) is 0 Å². The molecular weight excluding hydrogens is 286 g/mol. The van der Waals surface area contributed by atoms with Gasteiger partial charge in [-0.1, -0.05) is 56.3 Å². The first-order valence-corrected chi connectivity index (χ1v) is 8.05. The summed E-state index contributed by atoms with van der Waals surface area (Å²) in [5, 5.41) is 2.96. The van der Waals surface area contributed by atoms with E-state index < -0.39 is 0 Å². The van der Waals surface area contributed by atoms with E-state index in [1.54, 1.807) is 7.11 Å². The fourth-order valence-electron chi connectivity index (χ4n) is 2.63. The van der Waals surface area contributed by atoms with Gasteiger partial charge >= 0.3 is 0 Å². The molecule has 2 rings (SSSR count). The van der Waals surface area contributed by atoms with E-state index in [9.17, 15) is 4.79 Å². The van der Waals surface area contributed by atoms with Gasteiger partial charge in [0.15, 0.2) is 0 Å². The number of hydrogen-bond acceptors (Lipinski definition) is 2. The zero-order chi connectivity index (χ0) is 16.7. The van der Waals surface area contributed by atoms with Crippen molar-refractivity contribution in [2.75, 3.05) is 7.11 Å².